The van der Waals surface area contributed by atoms with Crippen molar-refractivity contribution in [3.8, 4) is 0 Å². The summed E-state index contributed by atoms with van der Waals surface area (Å²) in [6.45, 7) is 7.54. The van der Waals surface area contributed by atoms with E-state index in [1.807, 2.05) is 18.7 Å². The fourth-order valence-corrected chi connectivity index (χ4v) is 2.55. The Hall–Kier alpha value is -2.35. The Labute approximate surface area is 141 Å². The number of hydrogen-bond acceptors (Lipinski definition) is 5. The predicted octanol–water partition coefficient (Wildman–Crippen LogP) is 0.660. The molecule has 0 spiro atoms. The lowest BCUT2D eigenvalue weighted by molar-refractivity contribution is -0.125. The molecule has 1 fully saturated rings. The highest BCUT2D eigenvalue weighted by Crippen LogP contribution is 2.11. The molecule has 8 heteroatoms. The average Bonchev–Trinajstić information content (AvgIpc) is 3.07. The average molecular weight is 336 g/mol. The maximum Gasteiger partial charge on any atom is 0.321 e. The third-order valence-electron chi connectivity index (χ3n) is 3.92. The number of carbonyl (C=O) groups is 3. The van der Waals surface area contributed by atoms with Crippen LogP contribution >= 0.6 is 0 Å². The molecule has 2 rings (SSSR count). The first kappa shape index (κ1) is 18.0. The van der Waals surface area contributed by atoms with Gasteiger partial charge in [0.15, 0.2) is 5.76 Å². The molecule has 1 atom stereocenters. The Morgan fingerprint density at radius 1 is 1.12 bits per heavy atom. The predicted molar refractivity (Wildman–Crippen MR) is 87.5 cm³/mol. The van der Waals surface area contributed by atoms with Gasteiger partial charge in [-0.25, -0.2) is 4.79 Å². The van der Waals surface area contributed by atoms with Gasteiger partial charge in [0.1, 0.15) is 0 Å². The fraction of sp³-hybridized carbons (Fsp3) is 0.562. The zero-order valence-corrected chi connectivity index (χ0v) is 14.2. The molecule has 0 unspecified atom stereocenters. The quantitative estimate of drug-likeness (QED) is 0.842. The van der Waals surface area contributed by atoms with Crippen LogP contribution < -0.4 is 10.6 Å². The first-order valence-electron chi connectivity index (χ1n) is 8.06. The van der Waals surface area contributed by atoms with Gasteiger partial charge in [-0.15, -0.1) is 0 Å². The van der Waals surface area contributed by atoms with Gasteiger partial charge in [0, 0.05) is 32.2 Å². The van der Waals surface area contributed by atoms with Crippen molar-refractivity contribution in [2.75, 3.05) is 26.2 Å². The molecule has 0 aliphatic carbocycles. The van der Waals surface area contributed by atoms with Gasteiger partial charge in [-0.1, -0.05) is 0 Å². The summed E-state index contributed by atoms with van der Waals surface area (Å²) in [7, 11) is 0. The summed E-state index contributed by atoms with van der Waals surface area (Å²) < 4.78 is 5.12. The van der Waals surface area contributed by atoms with Gasteiger partial charge in [0.05, 0.1) is 12.3 Å². The zero-order valence-electron chi connectivity index (χ0n) is 14.2. The van der Waals surface area contributed by atoms with Crippen molar-refractivity contribution in [2.45, 2.75) is 32.9 Å². The summed E-state index contributed by atoms with van der Waals surface area (Å²) >= 11 is 0. The van der Waals surface area contributed by atoms with Crippen LogP contribution in [0.25, 0.3) is 0 Å². The number of imide groups is 1. The highest BCUT2D eigenvalue weighted by Gasteiger charge is 2.29. The topological polar surface area (TPSA) is 94.9 Å². The Kier molecular flexibility index (Phi) is 5.97. The molecule has 132 valence electrons. The molecule has 0 aromatic carbocycles. The normalized spacial score (nSPS) is 16.8. The maximum atomic E-state index is 12.2. The fourth-order valence-electron chi connectivity index (χ4n) is 2.55. The minimum atomic E-state index is -0.492. The Bertz CT molecular complexity index is 577. The molecule has 2 heterocycles. The first-order valence-corrected chi connectivity index (χ1v) is 8.06. The lowest BCUT2D eigenvalue weighted by atomic mass is 10.2. The standard InChI is InChI=1S/C16H24N4O4/c1-11(2)17-16(23)18-14(21)12(3)19-6-8-20(9-7-19)15(22)13-5-4-10-24-13/h4-5,10-12H,6-9H2,1-3H3,(H2,17,18,21,23)/t12-/m0/s1. The number of carbonyl (C=O) groups excluding carboxylic acids is 3. The highest BCUT2D eigenvalue weighted by atomic mass is 16.3. The van der Waals surface area contributed by atoms with Crippen molar-refractivity contribution in [3.63, 3.8) is 0 Å². The molecule has 0 radical (unpaired) electrons. The van der Waals surface area contributed by atoms with Crippen molar-refractivity contribution in [2.24, 2.45) is 0 Å². The Morgan fingerprint density at radius 3 is 2.33 bits per heavy atom. The van der Waals surface area contributed by atoms with E-state index in [0.717, 1.165) is 0 Å². The molecule has 2 N–H and O–H groups in total. The summed E-state index contributed by atoms with van der Waals surface area (Å²) in [5, 5.41) is 4.95. The van der Waals surface area contributed by atoms with E-state index in [0.29, 0.717) is 31.9 Å². The SMILES string of the molecule is CC(C)NC(=O)NC(=O)[C@H](C)N1CCN(C(=O)c2ccco2)CC1. The van der Waals surface area contributed by atoms with E-state index in [1.165, 1.54) is 6.26 Å². The van der Waals surface area contributed by atoms with Crippen molar-refractivity contribution in [3.05, 3.63) is 24.2 Å². The minimum absolute atomic E-state index is 0.0377. The van der Waals surface area contributed by atoms with E-state index in [2.05, 4.69) is 10.6 Å². The number of urea groups is 1. The summed E-state index contributed by atoms with van der Waals surface area (Å²) in [6.07, 6.45) is 1.47. The first-order chi connectivity index (χ1) is 11.4. The van der Waals surface area contributed by atoms with Crippen LogP contribution in [0.5, 0.6) is 0 Å². The number of hydrogen-bond donors (Lipinski definition) is 2. The smallest absolute Gasteiger partial charge is 0.321 e. The Balaban J connectivity index is 1.81. The highest BCUT2D eigenvalue weighted by molar-refractivity contribution is 5.97. The van der Waals surface area contributed by atoms with Crippen LogP contribution in [0.15, 0.2) is 22.8 Å². The summed E-state index contributed by atoms with van der Waals surface area (Å²) in [5.74, 6) is -0.174. The van der Waals surface area contributed by atoms with Crippen LogP contribution in [-0.2, 0) is 4.79 Å². The van der Waals surface area contributed by atoms with E-state index in [4.69, 9.17) is 4.42 Å². The second kappa shape index (κ2) is 7.96. The third-order valence-corrected chi connectivity index (χ3v) is 3.92. The number of piperazine rings is 1. The maximum absolute atomic E-state index is 12.2. The number of nitrogens with one attached hydrogen (secondary N) is 2. The van der Waals surface area contributed by atoms with E-state index >= 15 is 0 Å². The minimum Gasteiger partial charge on any atom is -0.459 e. The van der Waals surface area contributed by atoms with Crippen LogP contribution in [0.4, 0.5) is 4.79 Å². The van der Waals surface area contributed by atoms with Gasteiger partial charge in [-0.3, -0.25) is 19.8 Å². The van der Waals surface area contributed by atoms with Gasteiger partial charge in [0.2, 0.25) is 5.91 Å². The molecule has 4 amide bonds. The largest absolute Gasteiger partial charge is 0.459 e. The zero-order chi connectivity index (χ0) is 17.7. The van der Waals surface area contributed by atoms with Crippen LogP contribution in [0.3, 0.4) is 0 Å². The van der Waals surface area contributed by atoms with Crippen molar-refractivity contribution < 1.29 is 18.8 Å². The Morgan fingerprint density at radius 2 is 1.79 bits per heavy atom. The second-order valence-corrected chi connectivity index (χ2v) is 6.10. The number of nitrogens with zero attached hydrogens (tertiary/aromatic N) is 2. The molecule has 0 bridgehead atoms. The molecule has 1 aliphatic heterocycles. The summed E-state index contributed by atoms with van der Waals surface area (Å²) in [6, 6.07) is 2.34. The van der Waals surface area contributed by atoms with E-state index in [-0.39, 0.29) is 17.9 Å². The molecule has 1 aliphatic rings. The van der Waals surface area contributed by atoms with Crippen LogP contribution in [0.1, 0.15) is 31.3 Å². The number of furan rings is 1. The second-order valence-electron chi connectivity index (χ2n) is 6.10. The van der Waals surface area contributed by atoms with E-state index < -0.39 is 12.1 Å². The summed E-state index contributed by atoms with van der Waals surface area (Å²) in [5.41, 5.74) is 0. The molecular weight excluding hydrogens is 312 g/mol. The summed E-state index contributed by atoms with van der Waals surface area (Å²) in [4.78, 5) is 39.6. The molecule has 0 saturated carbocycles. The molecule has 1 saturated heterocycles. The van der Waals surface area contributed by atoms with Crippen LogP contribution in [-0.4, -0.2) is 65.9 Å². The van der Waals surface area contributed by atoms with Crippen molar-refractivity contribution in [1.29, 1.82) is 0 Å². The number of amides is 4. The monoisotopic (exact) mass is 336 g/mol. The lowest BCUT2D eigenvalue weighted by Gasteiger charge is -2.37. The third kappa shape index (κ3) is 4.58. The van der Waals surface area contributed by atoms with Crippen LogP contribution in [0.2, 0.25) is 0 Å². The molecule has 1 aromatic heterocycles. The van der Waals surface area contributed by atoms with Gasteiger partial charge in [-0.2, -0.15) is 0 Å². The molecular formula is C16H24N4O4. The molecule has 8 nitrogen and oxygen atoms in total. The molecule has 24 heavy (non-hydrogen) atoms. The van der Waals surface area contributed by atoms with Gasteiger partial charge < -0.3 is 14.6 Å². The van der Waals surface area contributed by atoms with Crippen molar-refractivity contribution in [1.82, 2.24) is 20.4 Å². The van der Waals surface area contributed by atoms with Crippen LogP contribution in [0, 0.1) is 0 Å². The lowest BCUT2D eigenvalue weighted by Crippen LogP contribution is -2.56. The van der Waals surface area contributed by atoms with Gasteiger partial charge in [-0.05, 0) is 32.9 Å². The van der Waals surface area contributed by atoms with E-state index in [1.54, 1.807) is 24.0 Å². The van der Waals surface area contributed by atoms with Gasteiger partial charge >= 0.3 is 6.03 Å². The number of rotatable bonds is 4. The van der Waals surface area contributed by atoms with Crippen molar-refractivity contribution >= 4 is 17.8 Å². The molecule has 1 aromatic rings. The van der Waals surface area contributed by atoms with Gasteiger partial charge in [0.25, 0.3) is 5.91 Å². The van der Waals surface area contributed by atoms with E-state index in [9.17, 15) is 14.4 Å².